The topological polar surface area (TPSA) is 58.6 Å². The van der Waals surface area contributed by atoms with Crippen LogP contribution >= 0.6 is 15.9 Å². The van der Waals surface area contributed by atoms with E-state index < -0.39 is 6.04 Å². The van der Waals surface area contributed by atoms with E-state index in [0.717, 1.165) is 15.6 Å². The number of carbonyl (C=O) groups is 2. The van der Waals surface area contributed by atoms with Gasteiger partial charge in [-0.1, -0.05) is 67.0 Å². The van der Waals surface area contributed by atoms with E-state index in [9.17, 15) is 9.59 Å². The Bertz CT molecular complexity index is 859. The fourth-order valence-corrected chi connectivity index (χ4v) is 3.39. The molecule has 1 atom stereocenters. The molecule has 2 aromatic rings. The Morgan fingerprint density at radius 2 is 1.73 bits per heavy atom. The molecular formula is C24H31BrN2O3. The van der Waals surface area contributed by atoms with Gasteiger partial charge in [0.25, 0.3) is 5.91 Å². The van der Waals surface area contributed by atoms with Crippen molar-refractivity contribution in [3.8, 4) is 5.75 Å². The number of amides is 2. The third kappa shape index (κ3) is 6.59. The first kappa shape index (κ1) is 23.9. The monoisotopic (exact) mass is 474 g/mol. The molecular weight excluding hydrogens is 444 g/mol. The lowest BCUT2D eigenvalue weighted by Gasteiger charge is -2.29. The van der Waals surface area contributed by atoms with Crippen LogP contribution in [0.4, 0.5) is 0 Å². The number of hydrogen-bond acceptors (Lipinski definition) is 3. The molecule has 0 aromatic heterocycles. The van der Waals surface area contributed by atoms with Crippen molar-refractivity contribution in [3.05, 3.63) is 64.1 Å². The number of hydrogen-bond donors (Lipinski definition) is 1. The SMILES string of the molecule is CCNC(=O)[C@@H](C)N(Cc1ccc(Br)cc1)C(=O)COc1ccccc1C(C)(C)C. The van der Waals surface area contributed by atoms with Gasteiger partial charge in [0.05, 0.1) is 0 Å². The van der Waals surface area contributed by atoms with E-state index in [1.165, 1.54) is 0 Å². The molecule has 0 radical (unpaired) electrons. The van der Waals surface area contributed by atoms with Gasteiger partial charge in [0.2, 0.25) is 5.91 Å². The molecule has 6 heteroatoms. The fourth-order valence-electron chi connectivity index (χ4n) is 3.13. The van der Waals surface area contributed by atoms with Crippen LogP contribution in [0.3, 0.4) is 0 Å². The molecule has 0 fully saturated rings. The van der Waals surface area contributed by atoms with Gasteiger partial charge in [-0.15, -0.1) is 0 Å². The highest BCUT2D eigenvalue weighted by Crippen LogP contribution is 2.31. The first-order valence-electron chi connectivity index (χ1n) is 10.2. The van der Waals surface area contributed by atoms with Crippen molar-refractivity contribution < 1.29 is 14.3 Å². The molecule has 0 saturated heterocycles. The summed E-state index contributed by atoms with van der Waals surface area (Å²) in [5.41, 5.74) is 1.87. The van der Waals surface area contributed by atoms with Crippen molar-refractivity contribution in [1.29, 1.82) is 0 Å². The predicted octanol–water partition coefficient (Wildman–Crippen LogP) is 4.68. The number of rotatable bonds is 8. The van der Waals surface area contributed by atoms with E-state index in [2.05, 4.69) is 42.0 Å². The lowest BCUT2D eigenvalue weighted by atomic mass is 9.86. The van der Waals surface area contributed by atoms with Crippen LogP contribution in [0.15, 0.2) is 53.0 Å². The number of benzene rings is 2. The number of carbonyl (C=O) groups excluding carboxylic acids is 2. The van der Waals surface area contributed by atoms with Crippen LogP contribution < -0.4 is 10.1 Å². The largest absolute Gasteiger partial charge is 0.483 e. The zero-order chi connectivity index (χ0) is 22.3. The summed E-state index contributed by atoms with van der Waals surface area (Å²) in [6.45, 7) is 10.6. The van der Waals surface area contributed by atoms with Crippen molar-refractivity contribution >= 4 is 27.7 Å². The highest BCUT2D eigenvalue weighted by molar-refractivity contribution is 9.10. The first-order valence-corrected chi connectivity index (χ1v) is 11.0. The smallest absolute Gasteiger partial charge is 0.261 e. The molecule has 30 heavy (non-hydrogen) atoms. The summed E-state index contributed by atoms with van der Waals surface area (Å²) in [5, 5.41) is 2.80. The Labute approximate surface area is 187 Å². The molecule has 0 aliphatic rings. The zero-order valence-corrected chi connectivity index (χ0v) is 20.0. The maximum Gasteiger partial charge on any atom is 0.261 e. The van der Waals surface area contributed by atoms with E-state index in [4.69, 9.17) is 4.74 Å². The Hall–Kier alpha value is -2.34. The maximum absolute atomic E-state index is 13.1. The van der Waals surface area contributed by atoms with Gasteiger partial charge < -0.3 is 15.0 Å². The molecule has 2 amide bonds. The Morgan fingerprint density at radius 1 is 1.10 bits per heavy atom. The molecule has 2 aromatic carbocycles. The van der Waals surface area contributed by atoms with E-state index in [1.54, 1.807) is 11.8 Å². The van der Waals surface area contributed by atoms with Crippen molar-refractivity contribution in [1.82, 2.24) is 10.2 Å². The summed E-state index contributed by atoms with van der Waals surface area (Å²) >= 11 is 3.42. The van der Waals surface area contributed by atoms with Gasteiger partial charge in [-0.25, -0.2) is 0 Å². The number of nitrogens with zero attached hydrogens (tertiary/aromatic N) is 1. The van der Waals surface area contributed by atoms with E-state index in [-0.39, 0.29) is 23.8 Å². The fraction of sp³-hybridized carbons (Fsp3) is 0.417. The van der Waals surface area contributed by atoms with Crippen LogP contribution in [0, 0.1) is 0 Å². The average Bonchev–Trinajstić information content (AvgIpc) is 2.70. The number of likely N-dealkylation sites (N-methyl/N-ethyl adjacent to an activating group) is 1. The molecule has 5 nitrogen and oxygen atoms in total. The third-order valence-electron chi connectivity index (χ3n) is 4.83. The van der Waals surface area contributed by atoms with Crippen molar-refractivity contribution in [2.75, 3.05) is 13.2 Å². The molecule has 0 saturated carbocycles. The molecule has 2 rings (SSSR count). The van der Waals surface area contributed by atoms with Crippen LogP contribution in [0.25, 0.3) is 0 Å². The van der Waals surface area contributed by atoms with Crippen LogP contribution in [-0.2, 0) is 21.5 Å². The lowest BCUT2D eigenvalue weighted by Crippen LogP contribution is -2.49. The normalized spacial score (nSPS) is 12.2. The van der Waals surface area contributed by atoms with Crippen molar-refractivity contribution in [2.24, 2.45) is 0 Å². The van der Waals surface area contributed by atoms with Gasteiger partial charge in [0.1, 0.15) is 11.8 Å². The quantitative estimate of drug-likeness (QED) is 0.603. The van der Waals surface area contributed by atoms with Crippen LogP contribution in [-0.4, -0.2) is 35.9 Å². The summed E-state index contributed by atoms with van der Waals surface area (Å²) in [5.74, 6) is 0.269. The highest BCUT2D eigenvalue weighted by Gasteiger charge is 2.27. The first-order chi connectivity index (χ1) is 14.1. The molecule has 0 aliphatic carbocycles. The summed E-state index contributed by atoms with van der Waals surface area (Å²) in [6.07, 6.45) is 0. The molecule has 0 spiro atoms. The minimum absolute atomic E-state index is 0.106. The minimum atomic E-state index is -0.609. The lowest BCUT2D eigenvalue weighted by molar-refractivity contribution is -0.142. The van der Waals surface area contributed by atoms with Gasteiger partial charge in [-0.05, 0) is 48.6 Å². The van der Waals surface area contributed by atoms with E-state index in [1.807, 2.05) is 55.5 Å². The number of para-hydroxylation sites is 1. The van der Waals surface area contributed by atoms with Gasteiger partial charge in [0.15, 0.2) is 6.61 Å². The van der Waals surface area contributed by atoms with Gasteiger partial charge in [-0.3, -0.25) is 9.59 Å². The molecule has 0 unspecified atom stereocenters. The highest BCUT2D eigenvalue weighted by atomic mass is 79.9. The standard InChI is InChI=1S/C24H31BrN2O3/c1-6-26-23(29)17(2)27(15-18-11-13-19(25)14-12-18)22(28)16-30-21-10-8-7-9-20(21)24(3,4)5/h7-14,17H,6,15-16H2,1-5H3,(H,26,29)/t17-/m1/s1. The summed E-state index contributed by atoms with van der Waals surface area (Å²) in [7, 11) is 0. The number of ether oxygens (including phenoxy) is 1. The summed E-state index contributed by atoms with van der Waals surface area (Å²) < 4.78 is 6.88. The maximum atomic E-state index is 13.1. The van der Waals surface area contributed by atoms with E-state index in [0.29, 0.717) is 18.8 Å². The van der Waals surface area contributed by atoms with Crippen LogP contribution in [0.2, 0.25) is 0 Å². The second-order valence-electron chi connectivity index (χ2n) is 8.25. The molecule has 162 valence electrons. The van der Waals surface area contributed by atoms with E-state index >= 15 is 0 Å². The third-order valence-corrected chi connectivity index (χ3v) is 5.36. The van der Waals surface area contributed by atoms with Crippen LogP contribution in [0.5, 0.6) is 5.75 Å². The molecule has 1 N–H and O–H groups in total. The molecule has 0 heterocycles. The minimum Gasteiger partial charge on any atom is -0.483 e. The Kier molecular flexibility index (Phi) is 8.47. The predicted molar refractivity (Wildman–Crippen MR) is 123 cm³/mol. The number of nitrogens with one attached hydrogen (secondary N) is 1. The zero-order valence-electron chi connectivity index (χ0n) is 18.4. The second kappa shape index (κ2) is 10.6. The molecule has 0 aliphatic heterocycles. The van der Waals surface area contributed by atoms with Gasteiger partial charge in [-0.2, -0.15) is 0 Å². The summed E-state index contributed by atoms with van der Waals surface area (Å²) in [4.78, 5) is 27.1. The van der Waals surface area contributed by atoms with Crippen molar-refractivity contribution in [2.45, 2.75) is 52.6 Å². The number of halogens is 1. The van der Waals surface area contributed by atoms with Crippen LogP contribution in [0.1, 0.15) is 45.7 Å². The Balaban J connectivity index is 2.20. The second-order valence-corrected chi connectivity index (χ2v) is 9.17. The van der Waals surface area contributed by atoms with Gasteiger partial charge in [0, 0.05) is 17.6 Å². The van der Waals surface area contributed by atoms with Gasteiger partial charge >= 0.3 is 0 Å². The summed E-state index contributed by atoms with van der Waals surface area (Å²) in [6, 6.07) is 14.8. The average molecular weight is 475 g/mol. The molecule has 0 bridgehead atoms. The Morgan fingerprint density at radius 3 is 2.33 bits per heavy atom. The van der Waals surface area contributed by atoms with Crippen molar-refractivity contribution in [3.63, 3.8) is 0 Å².